The SMILES string of the molecule is Ic1ccc(CN2CCC3CCCCC32)cc1. The molecule has 1 heterocycles. The second-order valence-electron chi connectivity index (χ2n) is 5.50. The molecule has 0 aromatic heterocycles. The third-order valence-corrected chi connectivity index (χ3v) is 5.14. The summed E-state index contributed by atoms with van der Waals surface area (Å²) in [6.45, 7) is 2.49. The second-order valence-corrected chi connectivity index (χ2v) is 6.74. The van der Waals surface area contributed by atoms with Crippen molar-refractivity contribution in [2.75, 3.05) is 6.54 Å². The van der Waals surface area contributed by atoms with E-state index in [1.54, 1.807) is 0 Å². The van der Waals surface area contributed by atoms with E-state index in [-0.39, 0.29) is 0 Å². The fourth-order valence-electron chi connectivity index (χ4n) is 3.52. The van der Waals surface area contributed by atoms with Gasteiger partial charge in [0.2, 0.25) is 0 Å². The van der Waals surface area contributed by atoms with Crippen LogP contribution in [0.25, 0.3) is 0 Å². The van der Waals surface area contributed by atoms with Crippen molar-refractivity contribution in [3.63, 3.8) is 0 Å². The fraction of sp³-hybridized carbons (Fsp3) is 0.600. The van der Waals surface area contributed by atoms with Crippen molar-refractivity contribution in [3.8, 4) is 0 Å². The number of nitrogens with zero attached hydrogens (tertiary/aromatic N) is 1. The van der Waals surface area contributed by atoms with Crippen LogP contribution >= 0.6 is 22.6 Å². The van der Waals surface area contributed by atoms with Gasteiger partial charge >= 0.3 is 0 Å². The number of benzene rings is 1. The van der Waals surface area contributed by atoms with E-state index in [1.807, 2.05) is 0 Å². The smallest absolute Gasteiger partial charge is 0.0236 e. The molecule has 92 valence electrons. The number of halogens is 1. The molecular formula is C15H20IN. The zero-order valence-corrected chi connectivity index (χ0v) is 12.4. The van der Waals surface area contributed by atoms with E-state index in [0.29, 0.717) is 0 Å². The van der Waals surface area contributed by atoms with E-state index in [1.165, 1.54) is 47.8 Å². The molecule has 2 fully saturated rings. The van der Waals surface area contributed by atoms with E-state index >= 15 is 0 Å². The highest BCUT2D eigenvalue weighted by Crippen LogP contribution is 2.36. The van der Waals surface area contributed by atoms with Crippen LogP contribution in [-0.2, 0) is 6.54 Å². The van der Waals surface area contributed by atoms with Gasteiger partial charge in [0.1, 0.15) is 0 Å². The Labute approximate surface area is 118 Å². The molecular weight excluding hydrogens is 321 g/mol. The Morgan fingerprint density at radius 2 is 1.82 bits per heavy atom. The van der Waals surface area contributed by atoms with Crippen LogP contribution in [0.3, 0.4) is 0 Å². The van der Waals surface area contributed by atoms with Gasteiger partial charge in [0, 0.05) is 16.2 Å². The largest absolute Gasteiger partial charge is 0.296 e. The minimum atomic E-state index is 0.892. The summed E-state index contributed by atoms with van der Waals surface area (Å²) < 4.78 is 1.34. The zero-order valence-electron chi connectivity index (χ0n) is 10.2. The Kier molecular flexibility index (Phi) is 3.71. The Bertz CT molecular complexity index is 373. The van der Waals surface area contributed by atoms with Gasteiger partial charge in [-0.15, -0.1) is 0 Å². The first kappa shape index (κ1) is 12.0. The van der Waals surface area contributed by atoms with Crippen LogP contribution in [-0.4, -0.2) is 17.5 Å². The molecule has 3 rings (SSSR count). The van der Waals surface area contributed by atoms with Gasteiger partial charge in [0.15, 0.2) is 0 Å². The maximum absolute atomic E-state index is 2.73. The van der Waals surface area contributed by atoms with Gasteiger partial charge in [0.25, 0.3) is 0 Å². The van der Waals surface area contributed by atoms with Crippen molar-refractivity contribution in [2.45, 2.75) is 44.7 Å². The lowest BCUT2D eigenvalue weighted by atomic mass is 9.85. The van der Waals surface area contributed by atoms with E-state index in [0.717, 1.165) is 18.5 Å². The number of hydrogen-bond acceptors (Lipinski definition) is 1. The lowest BCUT2D eigenvalue weighted by Gasteiger charge is -2.31. The van der Waals surface area contributed by atoms with Gasteiger partial charge in [-0.3, -0.25) is 4.90 Å². The standard InChI is InChI=1S/C15H20IN/c16-14-7-5-12(6-8-14)11-17-10-9-13-3-1-2-4-15(13)17/h5-8,13,15H,1-4,9-11H2. The monoisotopic (exact) mass is 341 g/mol. The van der Waals surface area contributed by atoms with Crippen molar-refractivity contribution in [2.24, 2.45) is 5.92 Å². The minimum absolute atomic E-state index is 0.892. The molecule has 0 radical (unpaired) electrons. The summed E-state index contributed by atoms with van der Waals surface area (Å²) in [5.41, 5.74) is 1.48. The molecule has 2 heteroatoms. The average molecular weight is 341 g/mol. The fourth-order valence-corrected chi connectivity index (χ4v) is 3.88. The summed E-state index contributed by atoms with van der Waals surface area (Å²) in [5.74, 6) is 1.01. The Morgan fingerprint density at radius 1 is 1.06 bits per heavy atom. The first-order chi connectivity index (χ1) is 8.33. The highest BCUT2D eigenvalue weighted by Gasteiger charge is 2.35. The molecule has 1 saturated heterocycles. The van der Waals surface area contributed by atoms with E-state index in [2.05, 4.69) is 51.8 Å². The molecule has 1 aromatic rings. The highest BCUT2D eigenvalue weighted by atomic mass is 127. The molecule has 2 atom stereocenters. The molecule has 1 aromatic carbocycles. The van der Waals surface area contributed by atoms with Crippen LogP contribution in [0, 0.1) is 9.49 Å². The van der Waals surface area contributed by atoms with Crippen molar-refractivity contribution in [3.05, 3.63) is 33.4 Å². The normalized spacial score (nSPS) is 29.2. The summed E-state index contributed by atoms with van der Waals surface area (Å²) >= 11 is 2.38. The maximum atomic E-state index is 2.73. The van der Waals surface area contributed by atoms with Gasteiger partial charge in [-0.25, -0.2) is 0 Å². The molecule has 1 saturated carbocycles. The van der Waals surface area contributed by atoms with E-state index in [4.69, 9.17) is 0 Å². The van der Waals surface area contributed by atoms with Gasteiger partial charge in [-0.2, -0.15) is 0 Å². The number of rotatable bonds is 2. The molecule has 1 aliphatic carbocycles. The maximum Gasteiger partial charge on any atom is 0.0236 e. The quantitative estimate of drug-likeness (QED) is 0.734. The van der Waals surface area contributed by atoms with Gasteiger partial charge < -0.3 is 0 Å². The molecule has 2 aliphatic rings. The number of likely N-dealkylation sites (tertiary alicyclic amines) is 1. The Morgan fingerprint density at radius 3 is 2.65 bits per heavy atom. The number of hydrogen-bond donors (Lipinski definition) is 0. The predicted octanol–water partition coefficient (Wildman–Crippen LogP) is 4.06. The van der Waals surface area contributed by atoms with Crippen molar-refractivity contribution >= 4 is 22.6 Å². The molecule has 1 aliphatic heterocycles. The first-order valence-electron chi connectivity index (χ1n) is 6.81. The minimum Gasteiger partial charge on any atom is -0.296 e. The van der Waals surface area contributed by atoms with Crippen LogP contribution in [0.15, 0.2) is 24.3 Å². The molecule has 0 amide bonds. The topological polar surface area (TPSA) is 3.24 Å². The lowest BCUT2D eigenvalue weighted by molar-refractivity contribution is 0.176. The Balaban J connectivity index is 1.67. The van der Waals surface area contributed by atoms with Gasteiger partial charge in [-0.05, 0) is 72.0 Å². The summed E-state index contributed by atoms with van der Waals surface area (Å²) in [5, 5.41) is 0. The van der Waals surface area contributed by atoms with Crippen LogP contribution in [0.2, 0.25) is 0 Å². The van der Waals surface area contributed by atoms with Crippen LogP contribution < -0.4 is 0 Å². The predicted molar refractivity (Wildman–Crippen MR) is 79.9 cm³/mol. The second kappa shape index (κ2) is 5.27. The van der Waals surface area contributed by atoms with E-state index in [9.17, 15) is 0 Å². The van der Waals surface area contributed by atoms with Crippen LogP contribution in [0.5, 0.6) is 0 Å². The number of fused-ring (bicyclic) bond motifs is 1. The summed E-state index contributed by atoms with van der Waals surface area (Å²) in [7, 11) is 0. The summed E-state index contributed by atoms with van der Waals surface area (Å²) in [4.78, 5) is 2.73. The molecule has 0 spiro atoms. The lowest BCUT2D eigenvalue weighted by Crippen LogP contribution is -2.34. The summed E-state index contributed by atoms with van der Waals surface area (Å²) in [6, 6.07) is 9.92. The average Bonchev–Trinajstić information content (AvgIpc) is 2.76. The molecule has 0 N–H and O–H groups in total. The molecule has 0 bridgehead atoms. The van der Waals surface area contributed by atoms with E-state index < -0.39 is 0 Å². The molecule has 17 heavy (non-hydrogen) atoms. The Hall–Kier alpha value is -0.0900. The third-order valence-electron chi connectivity index (χ3n) is 4.42. The van der Waals surface area contributed by atoms with Crippen molar-refractivity contribution < 1.29 is 0 Å². The van der Waals surface area contributed by atoms with Crippen LogP contribution in [0.4, 0.5) is 0 Å². The third kappa shape index (κ3) is 2.68. The van der Waals surface area contributed by atoms with Crippen molar-refractivity contribution in [1.29, 1.82) is 0 Å². The van der Waals surface area contributed by atoms with Gasteiger partial charge in [0.05, 0.1) is 0 Å². The first-order valence-corrected chi connectivity index (χ1v) is 7.89. The van der Waals surface area contributed by atoms with Gasteiger partial charge in [-0.1, -0.05) is 25.0 Å². The zero-order chi connectivity index (χ0) is 11.7. The van der Waals surface area contributed by atoms with Crippen LogP contribution in [0.1, 0.15) is 37.7 Å². The molecule has 1 nitrogen and oxygen atoms in total. The summed E-state index contributed by atoms with van der Waals surface area (Å²) in [6.07, 6.45) is 7.28. The van der Waals surface area contributed by atoms with Crippen molar-refractivity contribution in [1.82, 2.24) is 4.90 Å². The molecule has 2 unspecified atom stereocenters. The highest BCUT2D eigenvalue weighted by molar-refractivity contribution is 14.1.